The molecule has 0 unspecified atom stereocenters. The second-order valence-electron chi connectivity index (χ2n) is 5.37. The minimum Gasteiger partial charge on any atom is -0.497 e. The van der Waals surface area contributed by atoms with E-state index in [0.29, 0.717) is 38.0 Å². The molecule has 0 saturated heterocycles. The number of amides is 1. The third-order valence-electron chi connectivity index (χ3n) is 3.52. The van der Waals surface area contributed by atoms with E-state index < -0.39 is 0 Å². The molecule has 0 spiro atoms. The van der Waals surface area contributed by atoms with E-state index in [9.17, 15) is 4.79 Å². The molecule has 0 saturated carbocycles. The lowest BCUT2D eigenvalue weighted by Crippen LogP contribution is -2.16. The van der Waals surface area contributed by atoms with Gasteiger partial charge in [0, 0.05) is 22.3 Å². The largest absolute Gasteiger partial charge is 0.497 e. The van der Waals surface area contributed by atoms with Crippen molar-refractivity contribution in [2.75, 3.05) is 24.0 Å². The van der Waals surface area contributed by atoms with Crippen molar-refractivity contribution in [3.8, 4) is 17.1 Å². The first-order valence-electron chi connectivity index (χ1n) is 7.70. The second-order valence-corrected chi connectivity index (χ2v) is 7.16. The molecule has 1 amide bonds. The fraction of sp³-hybridized carbons (Fsp3) is 0.118. The quantitative estimate of drug-likeness (QED) is 0.463. The van der Waals surface area contributed by atoms with Crippen molar-refractivity contribution < 1.29 is 9.53 Å². The fourth-order valence-electron chi connectivity index (χ4n) is 2.26. The number of rotatable bonds is 6. The number of carbonyl (C=O) groups excluding carboxylic acids is 1. The van der Waals surface area contributed by atoms with E-state index in [-0.39, 0.29) is 11.7 Å². The molecule has 0 aliphatic rings. The maximum Gasteiger partial charge on any atom is 0.234 e. The number of benzene rings is 2. The van der Waals surface area contributed by atoms with E-state index in [0.717, 1.165) is 11.8 Å². The summed E-state index contributed by atoms with van der Waals surface area (Å²) in [6, 6.07) is 12.1. The van der Waals surface area contributed by atoms with Gasteiger partial charge in [0.25, 0.3) is 0 Å². The molecule has 0 aliphatic carbocycles. The van der Waals surface area contributed by atoms with E-state index in [1.807, 2.05) is 0 Å². The minimum absolute atomic E-state index is 0.112. The maximum absolute atomic E-state index is 12.2. The van der Waals surface area contributed by atoms with Crippen molar-refractivity contribution in [2.45, 2.75) is 5.16 Å². The van der Waals surface area contributed by atoms with Gasteiger partial charge in [0.1, 0.15) is 5.75 Å². The molecule has 3 aromatic rings. The lowest BCUT2D eigenvalue weighted by Gasteiger charge is -2.07. The summed E-state index contributed by atoms with van der Waals surface area (Å²) in [6.07, 6.45) is 0. The number of aromatic nitrogens is 3. The van der Waals surface area contributed by atoms with Crippen LogP contribution in [0.4, 0.5) is 5.69 Å². The first-order valence-corrected chi connectivity index (χ1v) is 9.44. The van der Waals surface area contributed by atoms with Crippen LogP contribution in [0.1, 0.15) is 0 Å². The summed E-state index contributed by atoms with van der Waals surface area (Å²) >= 11 is 13.3. The Kier molecular flexibility index (Phi) is 6.10. The van der Waals surface area contributed by atoms with Crippen LogP contribution in [-0.4, -0.2) is 33.6 Å². The average molecular weight is 424 g/mol. The molecule has 0 bridgehead atoms. The second kappa shape index (κ2) is 8.51. The van der Waals surface area contributed by atoms with Gasteiger partial charge in [-0.25, -0.2) is 4.68 Å². The van der Waals surface area contributed by atoms with Gasteiger partial charge in [0.2, 0.25) is 11.1 Å². The molecule has 1 heterocycles. The van der Waals surface area contributed by atoms with Gasteiger partial charge in [-0.3, -0.25) is 4.79 Å². The number of halogens is 2. The Morgan fingerprint density at radius 3 is 2.81 bits per heavy atom. The highest BCUT2D eigenvalue weighted by Crippen LogP contribution is 2.30. The van der Waals surface area contributed by atoms with Crippen LogP contribution < -0.4 is 15.9 Å². The maximum atomic E-state index is 12.2. The van der Waals surface area contributed by atoms with Crippen LogP contribution in [0.5, 0.6) is 5.75 Å². The molecule has 0 fully saturated rings. The summed E-state index contributed by atoms with van der Waals surface area (Å²) in [5.74, 6) is 7.00. The summed E-state index contributed by atoms with van der Waals surface area (Å²) in [7, 11) is 1.56. The fourth-order valence-corrected chi connectivity index (χ4v) is 3.41. The summed E-state index contributed by atoms with van der Waals surface area (Å²) in [6.45, 7) is 0. The van der Waals surface area contributed by atoms with Crippen molar-refractivity contribution in [3.63, 3.8) is 0 Å². The van der Waals surface area contributed by atoms with Gasteiger partial charge in [0.15, 0.2) is 5.82 Å². The van der Waals surface area contributed by atoms with Gasteiger partial charge in [-0.15, -0.1) is 10.2 Å². The number of thioether (sulfide) groups is 1. The van der Waals surface area contributed by atoms with Crippen molar-refractivity contribution in [1.82, 2.24) is 14.9 Å². The first-order chi connectivity index (χ1) is 13.0. The number of nitrogens with two attached hydrogens (primary N) is 1. The monoisotopic (exact) mass is 423 g/mol. The van der Waals surface area contributed by atoms with Crippen LogP contribution in [0.3, 0.4) is 0 Å². The van der Waals surface area contributed by atoms with E-state index in [4.69, 9.17) is 33.8 Å². The number of carbonyl (C=O) groups is 1. The molecule has 7 nitrogen and oxygen atoms in total. The lowest BCUT2D eigenvalue weighted by atomic mass is 10.2. The van der Waals surface area contributed by atoms with Crippen molar-refractivity contribution in [2.24, 2.45) is 0 Å². The molecule has 3 N–H and O–H groups in total. The number of nitrogens with zero attached hydrogens (tertiary/aromatic N) is 3. The lowest BCUT2D eigenvalue weighted by molar-refractivity contribution is -0.113. The molecule has 0 atom stereocenters. The molecule has 1 aromatic heterocycles. The molecule has 0 aliphatic heterocycles. The predicted molar refractivity (Wildman–Crippen MR) is 108 cm³/mol. The number of nitrogen functional groups attached to an aromatic ring is 1. The SMILES string of the molecule is COc1cccc(NC(=O)CSc2nnc(-c3ccc(Cl)cc3Cl)n2N)c1. The number of hydrogen-bond acceptors (Lipinski definition) is 6. The Labute approximate surface area is 169 Å². The van der Waals surface area contributed by atoms with Gasteiger partial charge in [-0.2, -0.15) is 0 Å². The van der Waals surface area contributed by atoms with Crippen LogP contribution in [0.2, 0.25) is 10.0 Å². The molecule has 140 valence electrons. The van der Waals surface area contributed by atoms with E-state index in [2.05, 4.69) is 15.5 Å². The number of hydrogen-bond donors (Lipinski definition) is 2. The highest BCUT2D eigenvalue weighted by Gasteiger charge is 2.16. The van der Waals surface area contributed by atoms with Crippen LogP contribution in [0.25, 0.3) is 11.4 Å². The zero-order chi connectivity index (χ0) is 19.4. The highest BCUT2D eigenvalue weighted by molar-refractivity contribution is 7.99. The third kappa shape index (κ3) is 4.65. The van der Waals surface area contributed by atoms with Crippen LogP contribution >= 0.6 is 35.0 Å². The van der Waals surface area contributed by atoms with Gasteiger partial charge in [-0.1, -0.05) is 41.0 Å². The minimum atomic E-state index is -0.206. The number of methoxy groups -OCH3 is 1. The Hall–Kier alpha value is -2.42. The molecule has 0 radical (unpaired) electrons. The molecule has 2 aromatic carbocycles. The van der Waals surface area contributed by atoms with E-state index in [1.54, 1.807) is 49.6 Å². The summed E-state index contributed by atoms with van der Waals surface area (Å²) in [5, 5.41) is 12.2. The smallest absolute Gasteiger partial charge is 0.234 e. The molecular weight excluding hydrogens is 409 g/mol. The Balaban J connectivity index is 1.66. The van der Waals surface area contributed by atoms with Crippen LogP contribution in [0.15, 0.2) is 47.6 Å². The molecular formula is C17H15Cl2N5O2S. The van der Waals surface area contributed by atoms with E-state index in [1.165, 1.54) is 4.68 Å². The summed E-state index contributed by atoms with van der Waals surface area (Å²) in [5.41, 5.74) is 1.24. The standard InChI is InChI=1S/C17H15Cl2N5O2S/c1-26-12-4-2-3-11(8-12)21-15(25)9-27-17-23-22-16(24(17)20)13-6-5-10(18)7-14(13)19/h2-8H,9,20H2,1H3,(H,21,25). The zero-order valence-electron chi connectivity index (χ0n) is 14.1. The van der Waals surface area contributed by atoms with E-state index >= 15 is 0 Å². The Bertz CT molecular complexity index is 980. The van der Waals surface area contributed by atoms with Crippen molar-refractivity contribution in [3.05, 3.63) is 52.5 Å². The van der Waals surface area contributed by atoms with Gasteiger partial charge in [0.05, 0.1) is 17.9 Å². The Morgan fingerprint density at radius 1 is 1.26 bits per heavy atom. The number of ether oxygens (including phenoxy) is 1. The van der Waals surface area contributed by atoms with Crippen LogP contribution in [0, 0.1) is 0 Å². The van der Waals surface area contributed by atoms with Gasteiger partial charge < -0.3 is 15.9 Å². The normalized spacial score (nSPS) is 10.6. The zero-order valence-corrected chi connectivity index (χ0v) is 16.5. The van der Waals surface area contributed by atoms with Crippen molar-refractivity contribution >= 4 is 46.6 Å². The summed E-state index contributed by atoms with van der Waals surface area (Å²) in [4.78, 5) is 12.2. The van der Waals surface area contributed by atoms with Gasteiger partial charge >= 0.3 is 0 Å². The van der Waals surface area contributed by atoms with Crippen LogP contribution in [-0.2, 0) is 4.79 Å². The third-order valence-corrected chi connectivity index (χ3v) is 5.01. The molecule has 27 heavy (non-hydrogen) atoms. The number of nitrogens with one attached hydrogen (secondary N) is 1. The van der Waals surface area contributed by atoms with Gasteiger partial charge in [-0.05, 0) is 30.3 Å². The predicted octanol–water partition coefficient (Wildman–Crippen LogP) is 3.71. The highest BCUT2D eigenvalue weighted by atomic mass is 35.5. The van der Waals surface area contributed by atoms with Crippen molar-refractivity contribution in [1.29, 1.82) is 0 Å². The Morgan fingerprint density at radius 2 is 2.07 bits per heavy atom. The average Bonchev–Trinajstić information content (AvgIpc) is 3.01. The first kappa shape index (κ1) is 19.3. The summed E-state index contributed by atoms with van der Waals surface area (Å²) < 4.78 is 6.42. The molecule has 10 heteroatoms. The molecule has 3 rings (SSSR count). The number of anilines is 1. The topological polar surface area (TPSA) is 95.1 Å².